The first-order chi connectivity index (χ1) is 43.3. The maximum absolute atomic E-state index is 13.3. The minimum absolute atomic E-state index is 0. The van der Waals surface area contributed by atoms with Gasteiger partial charge < -0.3 is 5.11 Å². The third-order valence-electron chi connectivity index (χ3n) is 11.1. The molecule has 0 unspecified atom stereocenters. The van der Waals surface area contributed by atoms with E-state index in [2.05, 4.69) is 11.1 Å². The van der Waals surface area contributed by atoms with Crippen LogP contribution in [0.2, 0.25) is 0 Å². The molecular weight excluding hydrogens is 1010 g/mol. The van der Waals surface area contributed by atoms with Crippen LogP contribution in [0.5, 0.6) is 5.75 Å². The normalized spacial score (nSPS) is 20.2. The van der Waals surface area contributed by atoms with Crippen molar-refractivity contribution in [2.24, 2.45) is 5.41 Å². The Kier molecular flexibility index (Phi) is 6.71. The largest absolute Gasteiger partial charge is 0.507 e. The smallest absolute Gasteiger partial charge is 0.148 e. The summed E-state index contributed by atoms with van der Waals surface area (Å²) in [5.41, 5.74) is -16.0. The molecule has 1 N–H and O–H groups in total. The van der Waals surface area contributed by atoms with Crippen LogP contribution >= 0.6 is 0 Å². The van der Waals surface area contributed by atoms with E-state index in [9.17, 15) is 10.6 Å². The van der Waals surface area contributed by atoms with Crippen molar-refractivity contribution in [3.63, 3.8) is 0 Å². The molecule has 0 fully saturated rings. The monoisotopic (exact) mass is 1110 g/mol. The van der Waals surface area contributed by atoms with Crippen LogP contribution < -0.4 is 0 Å². The predicted molar refractivity (Wildman–Crippen MR) is 285 cm³/mol. The molecule has 8 rings (SSSR count). The summed E-state index contributed by atoms with van der Waals surface area (Å²) in [6.45, 7) is -10.7. The minimum atomic E-state index is -4.59. The Morgan fingerprint density at radius 1 is 0.632 bits per heavy atom. The van der Waals surface area contributed by atoms with Gasteiger partial charge in [-0.05, 0) is 97.1 Å². The summed E-state index contributed by atoms with van der Waals surface area (Å²) < 4.78 is 261. The van der Waals surface area contributed by atoms with Crippen molar-refractivity contribution in [2.75, 3.05) is 0 Å². The first kappa shape index (κ1) is 24.8. The van der Waals surface area contributed by atoms with Gasteiger partial charge in [0.2, 0.25) is 0 Å². The number of hydrogen-bond acceptors (Lipinski definition) is 3. The summed E-state index contributed by atoms with van der Waals surface area (Å²) in [5, 5.41) is 13.3. The molecule has 68 heavy (non-hydrogen) atoms. The summed E-state index contributed by atoms with van der Waals surface area (Å²) in [4.78, 5) is 9.66. The van der Waals surface area contributed by atoms with Gasteiger partial charge in [-0.25, -0.2) is 4.98 Å². The van der Waals surface area contributed by atoms with Crippen molar-refractivity contribution in [3.05, 3.63) is 167 Å². The molecule has 2 heterocycles. The third kappa shape index (κ3) is 10.5. The molecule has 0 radical (unpaired) electrons. The fourth-order valence-electron chi connectivity index (χ4n) is 7.73. The number of phenolic OH excluding ortho intramolecular Hbond substituents is 1. The fourth-order valence-corrected chi connectivity index (χ4v) is 7.73. The number of imidazole rings is 1. The summed E-state index contributed by atoms with van der Waals surface area (Å²) in [5.74, 6) is -2.86. The van der Waals surface area contributed by atoms with Crippen LogP contribution in [-0.4, -0.2) is 19.6 Å². The van der Waals surface area contributed by atoms with Crippen LogP contribution in [0.4, 0.5) is 0 Å². The van der Waals surface area contributed by atoms with Gasteiger partial charge in [-0.3, -0.25) is 9.55 Å². The maximum atomic E-state index is 13.3. The Balaban J connectivity index is 0.0000133. The zero-order chi connectivity index (χ0) is 73.1. The van der Waals surface area contributed by atoms with Crippen LogP contribution in [0.1, 0.15) is 171 Å². The second-order valence-corrected chi connectivity index (χ2v) is 19.8. The van der Waals surface area contributed by atoms with Crippen LogP contribution in [-0.2, 0) is 49.1 Å². The maximum Gasteiger partial charge on any atom is 0.148 e. The van der Waals surface area contributed by atoms with Gasteiger partial charge in [0.15, 0.2) is 0 Å². The molecule has 2 aromatic heterocycles. The zero-order valence-corrected chi connectivity index (χ0v) is 41.4. The van der Waals surface area contributed by atoms with E-state index in [-0.39, 0.29) is 88.9 Å². The number of hydrogen-bond donors (Lipinski definition) is 1. The molecule has 354 valence electrons. The number of para-hydroxylation sites is 1. The van der Waals surface area contributed by atoms with E-state index in [0.717, 1.165) is 4.57 Å². The van der Waals surface area contributed by atoms with E-state index in [1.54, 1.807) is 65.8 Å². The number of nitrogens with zero attached hydrogens (tertiary/aromatic N) is 3. The quantitative estimate of drug-likeness (QED) is 0.162. The number of fused-ring (bicyclic) bond motifs is 1. The average Bonchev–Trinajstić information content (AvgIpc) is 1.19. The number of aromatic hydroxyl groups is 1. The van der Waals surface area contributed by atoms with Gasteiger partial charge in [0.25, 0.3) is 0 Å². The summed E-state index contributed by atoms with van der Waals surface area (Å²) in [7, 11) is 0. The molecule has 8 aromatic rings. The molecule has 0 aliphatic carbocycles. The van der Waals surface area contributed by atoms with Crippen LogP contribution in [0.3, 0.4) is 0 Å². The third-order valence-corrected chi connectivity index (χ3v) is 11.1. The van der Waals surface area contributed by atoms with Gasteiger partial charge in [-0.15, -0.1) is 29.3 Å². The van der Waals surface area contributed by atoms with E-state index in [4.69, 9.17) is 39.3 Å². The molecular formula is C63H70N3OPt-. The first-order valence-electron chi connectivity index (χ1n) is 36.1. The molecule has 0 saturated carbocycles. The van der Waals surface area contributed by atoms with Gasteiger partial charge in [-0.2, -0.15) is 0 Å². The topological polar surface area (TPSA) is 50.9 Å². The van der Waals surface area contributed by atoms with Gasteiger partial charge in [0.1, 0.15) is 11.6 Å². The molecule has 6 aromatic carbocycles. The van der Waals surface area contributed by atoms with Crippen molar-refractivity contribution < 1.29 is 65.9 Å². The first-order valence-corrected chi connectivity index (χ1v) is 21.6. The average molecular weight is 1110 g/mol. The van der Waals surface area contributed by atoms with Crippen molar-refractivity contribution >= 4 is 11.0 Å². The molecule has 0 aliphatic heterocycles. The standard InChI is InChI=1S/C63H70N3O.Pt/c1-59(2,3)39-40-24-26-41(27-25-40)43-30-31-64-53(35-43)45-32-44(33-47(34-45)61(7,8)9)49-22-19-23-55-56(49)65-58(51-37-48(62(10,11)12)38-52(57(51)67)63(13,14)15)66(55)54-29-28-46(60(4,5)6)36-50(54)42-20-17-16-18-21-42;/h16-31,33-38,67H,39H2,1-15H3;/q-1;/i10D3,11D3,12D3,13D3,14D3,15D3,16D,17D,18D,20D,21D,26D,27D,37D,38D,39D2;. The van der Waals surface area contributed by atoms with E-state index >= 15 is 0 Å². The Morgan fingerprint density at radius 2 is 1.31 bits per heavy atom. The van der Waals surface area contributed by atoms with Gasteiger partial charge in [0, 0.05) is 71.5 Å². The van der Waals surface area contributed by atoms with E-state index < -0.39 is 151 Å². The molecule has 0 aliphatic rings. The SMILES string of the molecule is [2H]c1cc(C([2H])([2H])C(C)(C)C)cc([2H])c1-c1ccnc(-c2[c-]c(-c3cccc4c3nc(-c3c([2H])c(C(C([2H])([2H])[2H])(C([2H])([2H])[2H])C([2H])([2H])[2H])c([2H])c(C(C([2H])([2H])[2H])(C([2H])([2H])[2H])C([2H])([2H])[2H])c3O)n4-c3ccc(C(C)(C)C)cc3-c3c([2H])c([2H])c([2H])c([2H])c3[2H])cc(C(C)(C)C)c2)c1.[Pt]. The van der Waals surface area contributed by atoms with Gasteiger partial charge in [0.05, 0.1) is 34.6 Å². The number of phenols is 1. The van der Waals surface area contributed by atoms with Crippen LogP contribution in [0.25, 0.3) is 72.7 Å². The van der Waals surface area contributed by atoms with Gasteiger partial charge >= 0.3 is 0 Å². The molecule has 0 saturated heterocycles. The summed E-state index contributed by atoms with van der Waals surface area (Å²) in [6.07, 6.45) is -0.509. The number of rotatable bonds is 7. The number of aromatic nitrogens is 3. The van der Waals surface area contributed by atoms with E-state index in [0.29, 0.717) is 16.7 Å². The molecule has 0 amide bonds. The fraction of sp³-hybridized carbons (Fsp3) is 0.333. The Hall–Kier alpha value is -5.57. The Morgan fingerprint density at radius 3 is 1.96 bits per heavy atom. The van der Waals surface area contributed by atoms with Crippen LogP contribution in [0, 0.1) is 11.5 Å². The molecule has 5 heteroatoms. The Labute approximate surface area is 462 Å². The van der Waals surface area contributed by atoms with Crippen molar-refractivity contribution in [1.82, 2.24) is 14.5 Å². The van der Waals surface area contributed by atoms with Gasteiger partial charge in [-0.1, -0.05) is 199 Å². The van der Waals surface area contributed by atoms with Crippen LogP contribution in [0.15, 0.2) is 133 Å². The molecule has 0 spiro atoms. The van der Waals surface area contributed by atoms with Crippen molar-refractivity contribution in [1.29, 1.82) is 0 Å². The molecule has 4 nitrogen and oxygen atoms in total. The summed E-state index contributed by atoms with van der Waals surface area (Å²) in [6, 6.07) is 13.3. The van der Waals surface area contributed by atoms with Crippen molar-refractivity contribution in [3.8, 4) is 67.5 Å². The van der Waals surface area contributed by atoms with Crippen molar-refractivity contribution in [2.45, 2.75) is 131 Å². The minimum Gasteiger partial charge on any atom is -0.507 e. The summed E-state index contributed by atoms with van der Waals surface area (Å²) >= 11 is 0. The predicted octanol–water partition coefficient (Wildman–Crippen LogP) is 17.0. The Bertz CT molecular complexity index is 4230. The second-order valence-electron chi connectivity index (χ2n) is 19.8. The number of pyridine rings is 1. The zero-order valence-electron chi connectivity index (χ0n) is 68.1. The number of benzene rings is 6. The second kappa shape index (κ2) is 18.4. The molecule has 0 bridgehead atoms. The molecule has 0 atom stereocenters. The van der Waals surface area contributed by atoms with E-state index in [1.165, 1.54) is 54.7 Å². The van der Waals surface area contributed by atoms with E-state index in [1.807, 2.05) is 20.8 Å².